The zero-order valence-corrected chi connectivity index (χ0v) is 12.6. The molecule has 2 aromatic rings. The first-order valence-electron chi connectivity index (χ1n) is 7.01. The molecule has 1 aromatic heterocycles. The molecule has 0 aliphatic rings. The zero-order chi connectivity index (χ0) is 15.9. The van der Waals surface area contributed by atoms with Gasteiger partial charge in [0, 0.05) is 18.2 Å². The molecule has 0 radical (unpaired) electrons. The summed E-state index contributed by atoms with van der Waals surface area (Å²) in [5.41, 5.74) is 1.69. The third-order valence-electron chi connectivity index (χ3n) is 2.97. The van der Waals surface area contributed by atoms with Gasteiger partial charge < -0.3 is 15.1 Å². The Balaban J connectivity index is 2.20. The molecule has 0 aliphatic heterocycles. The topological polar surface area (TPSA) is 71.3 Å². The molecule has 0 aliphatic carbocycles. The van der Waals surface area contributed by atoms with Gasteiger partial charge in [0.25, 0.3) is 11.8 Å². The Morgan fingerprint density at radius 1 is 1.18 bits per heavy atom. The third-order valence-corrected chi connectivity index (χ3v) is 2.97. The lowest BCUT2D eigenvalue weighted by atomic mass is 10.1. The fourth-order valence-electron chi connectivity index (χ4n) is 1.83. The lowest BCUT2D eigenvalue weighted by Crippen LogP contribution is -2.34. The van der Waals surface area contributed by atoms with Gasteiger partial charge in [-0.15, -0.1) is 0 Å². The molecule has 5 nitrogen and oxygen atoms in total. The van der Waals surface area contributed by atoms with Crippen LogP contribution in [0.15, 0.2) is 52.8 Å². The van der Waals surface area contributed by atoms with Crippen molar-refractivity contribution in [3.05, 3.63) is 65.2 Å². The van der Waals surface area contributed by atoms with Crippen molar-refractivity contribution in [3.8, 4) is 0 Å². The molecule has 1 aromatic carbocycles. The quantitative estimate of drug-likeness (QED) is 0.833. The van der Waals surface area contributed by atoms with E-state index in [1.165, 1.54) is 12.3 Å². The van der Waals surface area contributed by atoms with Crippen LogP contribution in [-0.4, -0.2) is 18.4 Å². The monoisotopic (exact) mass is 298 g/mol. The van der Waals surface area contributed by atoms with Crippen molar-refractivity contribution in [1.82, 2.24) is 10.6 Å². The molecule has 5 heteroatoms. The number of hydrogen-bond donors (Lipinski definition) is 2. The number of amides is 2. The van der Waals surface area contributed by atoms with E-state index in [4.69, 9.17) is 4.42 Å². The van der Waals surface area contributed by atoms with Crippen LogP contribution in [0.3, 0.4) is 0 Å². The Morgan fingerprint density at radius 3 is 2.50 bits per heavy atom. The minimum Gasteiger partial charge on any atom is -0.465 e. The number of rotatable bonds is 5. The van der Waals surface area contributed by atoms with Gasteiger partial charge in [-0.3, -0.25) is 9.59 Å². The van der Waals surface area contributed by atoms with E-state index in [1.807, 2.05) is 26.0 Å². The van der Waals surface area contributed by atoms with Crippen LogP contribution in [0.4, 0.5) is 0 Å². The molecule has 114 valence electrons. The van der Waals surface area contributed by atoms with Crippen molar-refractivity contribution in [2.45, 2.75) is 13.8 Å². The smallest absolute Gasteiger partial charge is 0.267 e. The van der Waals surface area contributed by atoms with Crippen LogP contribution in [0.5, 0.6) is 0 Å². The standard InChI is InChI=1S/C17H18N2O3/c1-3-18-17(21)15(11-14-5-4-10-22-14)19-16(20)13-8-6-12(2)7-9-13/h4-11H,3H2,1-2H3,(H,18,21)(H,19,20)/b15-11-. The first kappa shape index (κ1) is 15.6. The Bertz CT molecular complexity index is 670. The number of likely N-dealkylation sites (N-methyl/N-ethyl adjacent to an activating group) is 1. The summed E-state index contributed by atoms with van der Waals surface area (Å²) in [6.45, 7) is 4.22. The highest BCUT2D eigenvalue weighted by molar-refractivity contribution is 6.05. The van der Waals surface area contributed by atoms with E-state index in [9.17, 15) is 9.59 Å². The number of hydrogen-bond acceptors (Lipinski definition) is 3. The summed E-state index contributed by atoms with van der Waals surface area (Å²) < 4.78 is 5.19. The lowest BCUT2D eigenvalue weighted by molar-refractivity contribution is -0.117. The van der Waals surface area contributed by atoms with E-state index < -0.39 is 0 Å². The summed E-state index contributed by atoms with van der Waals surface area (Å²) in [4.78, 5) is 24.3. The van der Waals surface area contributed by atoms with Crippen molar-refractivity contribution in [2.24, 2.45) is 0 Å². The van der Waals surface area contributed by atoms with Crippen LogP contribution in [0, 0.1) is 6.92 Å². The molecular weight excluding hydrogens is 280 g/mol. The van der Waals surface area contributed by atoms with E-state index >= 15 is 0 Å². The van der Waals surface area contributed by atoms with Crippen molar-refractivity contribution >= 4 is 17.9 Å². The number of furan rings is 1. The second-order valence-corrected chi connectivity index (χ2v) is 4.75. The zero-order valence-electron chi connectivity index (χ0n) is 12.6. The molecular formula is C17H18N2O3. The summed E-state index contributed by atoms with van der Waals surface area (Å²) in [5, 5.41) is 5.29. The van der Waals surface area contributed by atoms with Crippen LogP contribution in [0.25, 0.3) is 6.08 Å². The normalized spacial score (nSPS) is 11.1. The second-order valence-electron chi connectivity index (χ2n) is 4.75. The maximum Gasteiger partial charge on any atom is 0.267 e. The SMILES string of the molecule is CCNC(=O)/C(=C/c1ccco1)NC(=O)c1ccc(C)cc1. The summed E-state index contributed by atoms with van der Waals surface area (Å²) in [6.07, 6.45) is 3.00. The van der Waals surface area contributed by atoms with Crippen LogP contribution in [0.1, 0.15) is 28.6 Å². The highest BCUT2D eigenvalue weighted by Gasteiger charge is 2.14. The molecule has 0 fully saturated rings. The van der Waals surface area contributed by atoms with Gasteiger partial charge in [-0.2, -0.15) is 0 Å². The molecule has 2 amide bonds. The van der Waals surface area contributed by atoms with Gasteiger partial charge in [-0.1, -0.05) is 17.7 Å². The van der Waals surface area contributed by atoms with Gasteiger partial charge in [-0.25, -0.2) is 0 Å². The molecule has 0 saturated heterocycles. The Labute approximate surface area is 129 Å². The van der Waals surface area contributed by atoms with E-state index in [1.54, 1.807) is 24.3 Å². The number of carbonyl (C=O) groups excluding carboxylic acids is 2. The number of benzene rings is 1. The van der Waals surface area contributed by atoms with E-state index in [-0.39, 0.29) is 17.5 Å². The summed E-state index contributed by atoms with van der Waals surface area (Å²) in [7, 11) is 0. The van der Waals surface area contributed by atoms with Gasteiger partial charge in [0.05, 0.1) is 6.26 Å². The minimum absolute atomic E-state index is 0.141. The molecule has 0 bridgehead atoms. The molecule has 0 spiro atoms. The molecule has 0 atom stereocenters. The largest absolute Gasteiger partial charge is 0.465 e. The van der Waals surface area contributed by atoms with Crippen LogP contribution in [-0.2, 0) is 4.79 Å². The summed E-state index contributed by atoms with van der Waals surface area (Å²) in [5.74, 6) is -0.214. The van der Waals surface area contributed by atoms with Crippen molar-refractivity contribution in [2.75, 3.05) is 6.54 Å². The number of carbonyl (C=O) groups is 2. The first-order valence-corrected chi connectivity index (χ1v) is 7.01. The van der Waals surface area contributed by atoms with Gasteiger partial charge in [0.2, 0.25) is 0 Å². The Morgan fingerprint density at radius 2 is 1.91 bits per heavy atom. The highest BCUT2D eigenvalue weighted by atomic mass is 16.3. The predicted molar refractivity (Wildman–Crippen MR) is 84.0 cm³/mol. The first-order chi connectivity index (χ1) is 10.6. The second kappa shape index (κ2) is 7.26. The summed E-state index contributed by atoms with van der Waals surface area (Å²) in [6, 6.07) is 10.5. The average molecular weight is 298 g/mol. The highest BCUT2D eigenvalue weighted by Crippen LogP contribution is 2.08. The lowest BCUT2D eigenvalue weighted by Gasteiger charge is -2.09. The molecule has 0 saturated carbocycles. The third kappa shape index (κ3) is 4.09. The van der Waals surface area contributed by atoms with Crippen molar-refractivity contribution in [1.29, 1.82) is 0 Å². The van der Waals surface area contributed by atoms with Crippen molar-refractivity contribution < 1.29 is 14.0 Å². The Hall–Kier alpha value is -2.82. The molecule has 22 heavy (non-hydrogen) atoms. The Kier molecular flexibility index (Phi) is 5.14. The molecule has 2 rings (SSSR count). The average Bonchev–Trinajstić information content (AvgIpc) is 3.00. The van der Waals surface area contributed by atoms with Gasteiger partial charge >= 0.3 is 0 Å². The molecule has 1 heterocycles. The van der Waals surface area contributed by atoms with E-state index in [0.717, 1.165) is 5.56 Å². The van der Waals surface area contributed by atoms with Crippen molar-refractivity contribution in [3.63, 3.8) is 0 Å². The van der Waals surface area contributed by atoms with Gasteiger partial charge in [-0.05, 0) is 38.1 Å². The van der Waals surface area contributed by atoms with E-state index in [2.05, 4.69) is 10.6 Å². The molecule has 0 unspecified atom stereocenters. The molecule has 2 N–H and O–H groups in total. The fraction of sp³-hybridized carbons (Fsp3) is 0.176. The predicted octanol–water partition coefficient (Wildman–Crippen LogP) is 2.50. The van der Waals surface area contributed by atoms with E-state index in [0.29, 0.717) is 17.9 Å². The summed E-state index contributed by atoms with van der Waals surface area (Å²) >= 11 is 0. The van der Waals surface area contributed by atoms with Gasteiger partial charge in [0.1, 0.15) is 11.5 Å². The maximum atomic E-state index is 12.2. The van der Waals surface area contributed by atoms with Crippen LogP contribution >= 0.6 is 0 Å². The van der Waals surface area contributed by atoms with Gasteiger partial charge in [0.15, 0.2) is 0 Å². The van der Waals surface area contributed by atoms with Crippen LogP contribution < -0.4 is 10.6 Å². The minimum atomic E-state index is -0.362. The number of aryl methyl sites for hydroxylation is 1. The van der Waals surface area contributed by atoms with Crippen LogP contribution in [0.2, 0.25) is 0 Å². The maximum absolute atomic E-state index is 12.2. The number of nitrogens with one attached hydrogen (secondary N) is 2. The fourth-order valence-corrected chi connectivity index (χ4v) is 1.83.